The van der Waals surface area contributed by atoms with Gasteiger partial charge in [-0.25, -0.2) is 4.79 Å². The van der Waals surface area contributed by atoms with Crippen LogP contribution in [0.3, 0.4) is 0 Å². The summed E-state index contributed by atoms with van der Waals surface area (Å²) in [4.78, 5) is 12.0. The molecule has 1 aliphatic heterocycles. The van der Waals surface area contributed by atoms with Crippen molar-refractivity contribution in [1.29, 1.82) is 0 Å². The third-order valence-electron chi connectivity index (χ3n) is 3.66. The van der Waals surface area contributed by atoms with Gasteiger partial charge in [-0.2, -0.15) is 0 Å². The van der Waals surface area contributed by atoms with Crippen LogP contribution in [0.5, 0.6) is 0 Å². The van der Waals surface area contributed by atoms with Crippen molar-refractivity contribution in [2.45, 2.75) is 32.0 Å². The summed E-state index contributed by atoms with van der Waals surface area (Å²) < 4.78 is 10.7. The maximum atomic E-state index is 12.0. The summed E-state index contributed by atoms with van der Waals surface area (Å²) in [5.41, 5.74) is -0.405. The zero-order valence-electron chi connectivity index (χ0n) is 10.7. The van der Waals surface area contributed by atoms with E-state index in [1.54, 1.807) is 0 Å². The summed E-state index contributed by atoms with van der Waals surface area (Å²) >= 11 is 0. The minimum absolute atomic E-state index is 0.0696. The monoisotopic (exact) mass is 234 g/mol. The summed E-state index contributed by atoms with van der Waals surface area (Å²) in [6, 6.07) is 9.81. The van der Waals surface area contributed by atoms with Crippen molar-refractivity contribution in [3.8, 4) is 0 Å². The van der Waals surface area contributed by atoms with E-state index in [2.05, 4.69) is 0 Å². The van der Waals surface area contributed by atoms with Crippen molar-refractivity contribution in [1.82, 2.24) is 0 Å². The Morgan fingerprint density at radius 3 is 2.35 bits per heavy atom. The van der Waals surface area contributed by atoms with Crippen LogP contribution in [0.1, 0.15) is 26.3 Å². The van der Waals surface area contributed by atoms with Gasteiger partial charge in [0.25, 0.3) is 0 Å². The SMILES string of the molecule is COC(=O)C1(C(C)C)OC1(C)c1ccccc1. The molecule has 1 aliphatic rings. The lowest BCUT2D eigenvalue weighted by atomic mass is 9.80. The summed E-state index contributed by atoms with van der Waals surface area (Å²) in [7, 11) is 1.40. The molecule has 0 radical (unpaired) electrons. The van der Waals surface area contributed by atoms with Crippen molar-refractivity contribution >= 4 is 5.97 Å². The molecule has 2 atom stereocenters. The highest BCUT2D eigenvalue weighted by molar-refractivity contribution is 5.85. The Kier molecular flexibility index (Phi) is 2.74. The maximum Gasteiger partial charge on any atom is 0.341 e. The molecule has 2 unspecified atom stereocenters. The molecule has 3 heteroatoms. The zero-order valence-corrected chi connectivity index (χ0v) is 10.7. The molecule has 0 saturated carbocycles. The van der Waals surface area contributed by atoms with E-state index in [0.717, 1.165) is 5.56 Å². The van der Waals surface area contributed by atoms with Crippen molar-refractivity contribution in [3.63, 3.8) is 0 Å². The third kappa shape index (κ3) is 1.49. The fraction of sp³-hybridized carbons (Fsp3) is 0.500. The lowest BCUT2D eigenvalue weighted by Crippen LogP contribution is -2.37. The first-order valence-corrected chi connectivity index (χ1v) is 5.83. The second-order valence-electron chi connectivity index (χ2n) is 4.88. The number of ether oxygens (including phenoxy) is 2. The van der Waals surface area contributed by atoms with Crippen molar-refractivity contribution in [2.75, 3.05) is 7.11 Å². The maximum absolute atomic E-state index is 12.0. The lowest BCUT2D eigenvalue weighted by Gasteiger charge is -2.18. The Morgan fingerprint density at radius 2 is 1.88 bits per heavy atom. The average molecular weight is 234 g/mol. The summed E-state index contributed by atoms with van der Waals surface area (Å²) in [5.74, 6) is -0.223. The van der Waals surface area contributed by atoms with Gasteiger partial charge in [-0.1, -0.05) is 44.2 Å². The standard InChI is InChI=1S/C14H18O3/c1-10(2)14(12(15)16-4)13(3,17-14)11-8-6-5-7-9-11/h5-10H,1-4H3. The number of hydrogen-bond acceptors (Lipinski definition) is 3. The fourth-order valence-electron chi connectivity index (χ4n) is 2.62. The van der Waals surface area contributed by atoms with E-state index in [-0.39, 0.29) is 11.9 Å². The second-order valence-corrected chi connectivity index (χ2v) is 4.88. The van der Waals surface area contributed by atoms with Crippen LogP contribution in [0.25, 0.3) is 0 Å². The Labute approximate surface area is 102 Å². The summed E-state index contributed by atoms with van der Waals surface area (Å²) in [5, 5.41) is 0. The highest BCUT2D eigenvalue weighted by Crippen LogP contribution is 2.59. The minimum atomic E-state index is -0.844. The first kappa shape index (κ1) is 12.1. The van der Waals surface area contributed by atoms with Crippen molar-refractivity contribution in [3.05, 3.63) is 35.9 Å². The van der Waals surface area contributed by atoms with Gasteiger partial charge in [0.05, 0.1) is 7.11 Å². The quantitative estimate of drug-likeness (QED) is 0.596. The van der Waals surface area contributed by atoms with Crippen LogP contribution >= 0.6 is 0 Å². The molecule has 0 N–H and O–H groups in total. The van der Waals surface area contributed by atoms with E-state index in [4.69, 9.17) is 9.47 Å². The number of hydrogen-bond donors (Lipinski definition) is 0. The molecule has 0 spiro atoms. The molecule has 1 saturated heterocycles. The van der Waals surface area contributed by atoms with Crippen LogP contribution in [0.15, 0.2) is 30.3 Å². The van der Waals surface area contributed by atoms with Gasteiger partial charge in [-0.3, -0.25) is 0 Å². The molecule has 17 heavy (non-hydrogen) atoms. The average Bonchev–Trinajstić information content (AvgIpc) is 2.99. The van der Waals surface area contributed by atoms with Gasteiger partial charge in [0.1, 0.15) is 5.60 Å². The Balaban J connectivity index is 2.40. The van der Waals surface area contributed by atoms with E-state index in [1.165, 1.54) is 7.11 Å². The molecular formula is C14H18O3. The molecule has 0 bridgehead atoms. The Morgan fingerprint density at radius 1 is 1.29 bits per heavy atom. The van der Waals surface area contributed by atoms with Gasteiger partial charge in [-0.15, -0.1) is 0 Å². The molecule has 3 nitrogen and oxygen atoms in total. The van der Waals surface area contributed by atoms with E-state index in [0.29, 0.717) is 0 Å². The fourth-order valence-corrected chi connectivity index (χ4v) is 2.62. The minimum Gasteiger partial charge on any atom is -0.467 e. The number of benzene rings is 1. The highest BCUT2D eigenvalue weighted by Gasteiger charge is 2.75. The molecule has 1 heterocycles. The number of carbonyl (C=O) groups is 1. The van der Waals surface area contributed by atoms with Crippen molar-refractivity contribution < 1.29 is 14.3 Å². The number of carbonyl (C=O) groups excluding carboxylic acids is 1. The first-order valence-electron chi connectivity index (χ1n) is 5.83. The molecule has 0 aliphatic carbocycles. The van der Waals surface area contributed by atoms with Crippen LogP contribution in [-0.4, -0.2) is 18.7 Å². The van der Waals surface area contributed by atoms with E-state index in [9.17, 15) is 4.79 Å². The van der Waals surface area contributed by atoms with E-state index >= 15 is 0 Å². The first-order chi connectivity index (χ1) is 7.99. The van der Waals surface area contributed by atoms with Gasteiger partial charge < -0.3 is 9.47 Å². The lowest BCUT2D eigenvalue weighted by molar-refractivity contribution is -0.148. The smallest absolute Gasteiger partial charge is 0.341 e. The molecule has 0 amide bonds. The van der Waals surface area contributed by atoms with Crippen LogP contribution < -0.4 is 0 Å². The summed E-state index contributed by atoms with van der Waals surface area (Å²) in [6.07, 6.45) is 0. The van der Waals surface area contributed by atoms with Crippen LogP contribution in [-0.2, 0) is 19.9 Å². The predicted octanol–water partition coefficient (Wildman–Crippen LogP) is 2.50. The van der Waals surface area contributed by atoms with Gasteiger partial charge in [0, 0.05) is 0 Å². The summed E-state index contributed by atoms with van der Waals surface area (Å²) in [6.45, 7) is 5.90. The van der Waals surface area contributed by atoms with Crippen molar-refractivity contribution in [2.24, 2.45) is 5.92 Å². The molecule has 1 aromatic carbocycles. The predicted molar refractivity (Wildman–Crippen MR) is 64.5 cm³/mol. The Bertz CT molecular complexity index is 426. The third-order valence-corrected chi connectivity index (χ3v) is 3.66. The molecule has 2 rings (SSSR count). The molecule has 0 aromatic heterocycles. The van der Waals surface area contributed by atoms with E-state index < -0.39 is 11.2 Å². The van der Waals surface area contributed by atoms with Crippen LogP contribution in [0, 0.1) is 5.92 Å². The number of methoxy groups -OCH3 is 1. The zero-order chi connectivity index (χ0) is 12.7. The largest absolute Gasteiger partial charge is 0.467 e. The Hall–Kier alpha value is -1.35. The van der Waals surface area contributed by atoms with Gasteiger partial charge in [0.2, 0.25) is 5.60 Å². The number of rotatable bonds is 3. The topological polar surface area (TPSA) is 38.8 Å². The molecular weight excluding hydrogens is 216 g/mol. The molecule has 1 fully saturated rings. The van der Waals surface area contributed by atoms with Gasteiger partial charge >= 0.3 is 5.97 Å². The number of esters is 1. The van der Waals surface area contributed by atoms with Gasteiger partial charge in [-0.05, 0) is 18.4 Å². The number of epoxide rings is 1. The normalized spacial score (nSPS) is 31.4. The highest BCUT2D eigenvalue weighted by atomic mass is 16.7. The van der Waals surface area contributed by atoms with E-state index in [1.807, 2.05) is 51.1 Å². The molecule has 92 valence electrons. The van der Waals surface area contributed by atoms with Crippen LogP contribution in [0.4, 0.5) is 0 Å². The van der Waals surface area contributed by atoms with Crippen LogP contribution in [0.2, 0.25) is 0 Å². The second kappa shape index (κ2) is 3.84. The van der Waals surface area contributed by atoms with Gasteiger partial charge in [0.15, 0.2) is 0 Å². The molecule has 1 aromatic rings.